The van der Waals surface area contributed by atoms with Crippen LogP contribution >= 0.6 is 11.3 Å². The average Bonchev–Trinajstić information content (AvgIpc) is 2.63. The van der Waals surface area contributed by atoms with Crippen molar-refractivity contribution in [2.24, 2.45) is 0 Å². The molecular formula is C9H14N2OS. The van der Waals surface area contributed by atoms with Gasteiger partial charge in [0.25, 0.3) is 0 Å². The van der Waals surface area contributed by atoms with Crippen molar-refractivity contribution in [2.45, 2.75) is 25.4 Å². The highest BCUT2D eigenvalue weighted by Gasteiger charge is 2.45. The maximum absolute atomic E-state index is 9.93. The minimum Gasteiger partial charge on any atom is -0.384 e. The third-order valence-corrected chi connectivity index (χ3v) is 3.83. The minimum atomic E-state index is -0.532. The monoisotopic (exact) mass is 198 g/mol. The van der Waals surface area contributed by atoms with Crippen molar-refractivity contribution in [3.05, 3.63) is 10.6 Å². The highest BCUT2D eigenvalue weighted by atomic mass is 32.1. The summed E-state index contributed by atoms with van der Waals surface area (Å²) in [4.78, 5) is 7.43. The lowest BCUT2D eigenvalue weighted by molar-refractivity contribution is 0.154. The molecule has 72 valence electrons. The summed E-state index contributed by atoms with van der Waals surface area (Å²) >= 11 is 1.60. The molecular weight excluding hydrogens is 184 g/mol. The Morgan fingerprint density at radius 2 is 2.08 bits per heavy atom. The Morgan fingerprint density at radius 1 is 1.46 bits per heavy atom. The van der Waals surface area contributed by atoms with E-state index in [4.69, 9.17) is 0 Å². The second kappa shape index (κ2) is 2.69. The summed E-state index contributed by atoms with van der Waals surface area (Å²) in [5.74, 6) is 0. The van der Waals surface area contributed by atoms with Gasteiger partial charge in [0.05, 0.1) is 10.6 Å². The van der Waals surface area contributed by atoms with Crippen LogP contribution in [0.2, 0.25) is 0 Å². The van der Waals surface area contributed by atoms with Crippen LogP contribution in [0.5, 0.6) is 0 Å². The lowest BCUT2D eigenvalue weighted by atomic mass is 10.2. The molecule has 1 aromatic rings. The first kappa shape index (κ1) is 8.97. The first-order chi connectivity index (χ1) is 6.03. The number of aryl methyl sites for hydroxylation is 1. The molecule has 0 aromatic carbocycles. The Hall–Kier alpha value is -0.610. The van der Waals surface area contributed by atoms with Crippen molar-refractivity contribution in [3.63, 3.8) is 0 Å². The summed E-state index contributed by atoms with van der Waals surface area (Å²) in [5, 5.41) is 10.9. The van der Waals surface area contributed by atoms with E-state index in [0.717, 1.165) is 28.5 Å². The van der Waals surface area contributed by atoms with Gasteiger partial charge >= 0.3 is 0 Å². The molecule has 1 N–H and O–H groups in total. The van der Waals surface area contributed by atoms with Gasteiger partial charge in [-0.15, -0.1) is 0 Å². The van der Waals surface area contributed by atoms with Crippen LogP contribution in [0.1, 0.15) is 23.4 Å². The molecule has 0 spiro atoms. The van der Waals surface area contributed by atoms with Crippen LogP contribution in [0.25, 0.3) is 0 Å². The highest BCUT2D eigenvalue weighted by molar-refractivity contribution is 7.15. The molecule has 0 atom stereocenters. The van der Waals surface area contributed by atoms with E-state index in [1.807, 2.05) is 25.9 Å². The topological polar surface area (TPSA) is 36.4 Å². The Kier molecular flexibility index (Phi) is 1.85. The third kappa shape index (κ3) is 1.44. The van der Waals surface area contributed by atoms with E-state index in [2.05, 4.69) is 4.98 Å². The highest BCUT2D eigenvalue weighted by Crippen LogP contribution is 2.49. The van der Waals surface area contributed by atoms with E-state index >= 15 is 0 Å². The van der Waals surface area contributed by atoms with E-state index in [-0.39, 0.29) is 0 Å². The van der Waals surface area contributed by atoms with Crippen LogP contribution in [0.4, 0.5) is 5.13 Å². The Balaban J connectivity index is 2.36. The zero-order valence-electron chi connectivity index (χ0n) is 8.16. The van der Waals surface area contributed by atoms with Gasteiger partial charge in [0.2, 0.25) is 0 Å². The molecule has 1 fully saturated rings. The van der Waals surface area contributed by atoms with E-state index in [9.17, 15) is 5.11 Å². The van der Waals surface area contributed by atoms with Gasteiger partial charge in [-0.1, -0.05) is 11.3 Å². The second-order valence-electron chi connectivity index (χ2n) is 3.84. The van der Waals surface area contributed by atoms with E-state index in [1.54, 1.807) is 11.3 Å². The third-order valence-electron chi connectivity index (χ3n) is 2.31. The molecule has 4 heteroatoms. The first-order valence-electron chi connectivity index (χ1n) is 4.40. The van der Waals surface area contributed by atoms with Crippen LogP contribution < -0.4 is 4.90 Å². The Bertz CT molecular complexity index is 328. The largest absolute Gasteiger partial charge is 0.384 e. The Morgan fingerprint density at radius 3 is 2.46 bits per heavy atom. The molecule has 0 aliphatic heterocycles. The molecule has 1 saturated carbocycles. The molecule has 0 bridgehead atoms. The molecule has 1 aliphatic carbocycles. The van der Waals surface area contributed by atoms with Gasteiger partial charge < -0.3 is 10.0 Å². The number of nitrogens with zero attached hydrogens (tertiary/aromatic N) is 2. The van der Waals surface area contributed by atoms with Crippen molar-refractivity contribution in [1.29, 1.82) is 0 Å². The van der Waals surface area contributed by atoms with Crippen molar-refractivity contribution >= 4 is 16.5 Å². The van der Waals surface area contributed by atoms with Crippen molar-refractivity contribution < 1.29 is 5.11 Å². The number of anilines is 1. The molecule has 2 rings (SSSR count). The van der Waals surface area contributed by atoms with Crippen molar-refractivity contribution in [2.75, 3.05) is 19.0 Å². The molecule has 0 radical (unpaired) electrons. The van der Waals surface area contributed by atoms with Gasteiger partial charge in [-0.2, -0.15) is 0 Å². The number of hydrogen-bond donors (Lipinski definition) is 1. The van der Waals surface area contributed by atoms with Crippen LogP contribution in [-0.2, 0) is 5.60 Å². The summed E-state index contributed by atoms with van der Waals surface area (Å²) in [6.07, 6.45) is 1.78. The number of rotatable bonds is 2. The van der Waals surface area contributed by atoms with Crippen LogP contribution in [0, 0.1) is 6.92 Å². The molecule has 0 saturated heterocycles. The number of thiazole rings is 1. The number of aliphatic hydroxyl groups is 1. The smallest absolute Gasteiger partial charge is 0.185 e. The summed E-state index contributed by atoms with van der Waals surface area (Å²) in [6.45, 7) is 1.97. The summed E-state index contributed by atoms with van der Waals surface area (Å²) in [7, 11) is 3.94. The zero-order valence-corrected chi connectivity index (χ0v) is 8.98. The maximum Gasteiger partial charge on any atom is 0.185 e. The molecule has 0 unspecified atom stereocenters. The quantitative estimate of drug-likeness (QED) is 0.782. The van der Waals surface area contributed by atoms with Gasteiger partial charge in [-0.3, -0.25) is 0 Å². The summed E-state index contributed by atoms with van der Waals surface area (Å²) in [5.41, 5.74) is 0.449. The Labute approximate surface area is 82.0 Å². The molecule has 1 aliphatic rings. The lowest BCUT2D eigenvalue weighted by Gasteiger charge is -2.06. The minimum absolute atomic E-state index is 0.532. The fourth-order valence-electron chi connectivity index (χ4n) is 1.35. The van der Waals surface area contributed by atoms with E-state index in [0.29, 0.717) is 0 Å². The van der Waals surface area contributed by atoms with Gasteiger partial charge in [0, 0.05) is 14.1 Å². The van der Waals surface area contributed by atoms with Gasteiger partial charge in [-0.05, 0) is 19.8 Å². The average molecular weight is 198 g/mol. The fourth-order valence-corrected chi connectivity index (χ4v) is 2.49. The summed E-state index contributed by atoms with van der Waals surface area (Å²) < 4.78 is 0. The van der Waals surface area contributed by atoms with E-state index in [1.165, 1.54) is 0 Å². The molecule has 3 nitrogen and oxygen atoms in total. The lowest BCUT2D eigenvalue weighted by Crippen LogP contribution is -2.07. The predicted molar refractivity (Wildman–Crippen MR) is 54.3 cm³/mol. The molecule has 1 heterocycles. The van der Waals surface area contributed by atoms with Crippen molar-refractivity contribution in [3.8, 4) is 0 Å². The number of aromatic nitrogens is 1. The molecule has 13 heavy (non-hydrogen) atoms. The van der Waals surface area contributed by atoms with Crippen LogP contribution in [-0.4, -0.2) is 24.2 Å². The van der Waals surface area contributed by atoms with Crippen molar-refractivity contribution in [1.82, 2.24) is 4.98 Å². The normalized spacial score (nSPS) is 18.8. The SMILES string of the molecule is Cc1nc(N(C)C)sc1C1(O)CC1. The predicted octanol–water partition coefficient (Wildman–Crippen LogP) is 1.50. The zero-order chi connectivity index (χ0) is 9.64. The number of hydrogen-bond acceptors (Lipinski definition) is 4. The summed E-state index contributed by atoms with van der Waals surface area (Å²) in [6, 6.07) is 0. The van der Waals surface area contributed by atoms with Gasteiger partial charge in [-0.25, -0.2) is 4.98 Å². The fraction of sp³-hybridized carbons (Fsp3) is 0.667. The second-order valence-corrected chi connectivity index (χ2v) is 4.81. The molecule has 1 aromatic heterocycles. The maximum atomic E-state index is 9.93. The van der Waals surface area contributed by atoms with Gasteiger partial charge in [0.15, 0.2) is 5.13 Å². The standard InChI is InChI=1S/C9H14N2OS/c1-6-7(9(12)4-5-9)13-8(10-6)11(2)3/h12H,4-5H2,1-3H3. The van der Waals surface area contributed by atoms with E-state index < -0.39 is 5.60 Å². The van der Waals surface area contributed by atoms with Gasteiger partial charge in [0.1, 0.15) is 5.60 Å². The first-order valence-corrected chi connectivity index (χ1v) is 5.22. The van der Waals surface area contributed by atoms with Crippen LogP contribution in [0.3, 0.4) is 0 Å². The molecule has 0 amide bonds. The van der Waals surface area contributed by atoms with Crippen LogP contribution in [0.15, 0.2) is 0 Å².